The highest BCUT2D eigenvalue weighted by molar-refractivity contribution is 4.82. The van der Waals surface area contributed by atoms with Crippen LogP contribution < -0.4 is 0 Å². The van der Waals surface area contributed by atoms with E-state index >= 15 is 0 Å². The normalized spacial score (nSPS) is 22.1. The predicted octanol–water partition coefficient (Wildman–Crippen LogP) is 6.51. The highest BCUT2D eigenvalue weighted by Gasteiger charge is 2.44. The van der Waals surface area contributed by atoms with E-state index in [1.807, 2.05) is 48.5 Å². The van der Waals surface area contributed by atoms with E-state index in [2.05, 4.69) is 6.92 Å². The second kappa shape index (κ2) is 13.4. The van der Waals surface area contributed by atoms with E-state index in [-0.39, 0.29) is 36.8 Å². The smallest absolute Gasteiger partial charge is 0.208 e. The summed E-state index contributed by atoms with van der Waals surface area (Å²) >= 11 is 0. The van der Waals surface area contributed by atoms with Gasteiger partial charge in [0.1, 0.15) is 6.10 Å². The third-order valence-electron chi connectivity index (χ3n) is 6.35. The quantitative estimate of drug-likeness (QED) is 0.220. The van der Waals surface area contributed by atoms with E-state index in [1.54, 1.807) is 0 Å². The molecular weight excluding hydrogens is 380 g/mol. The van der Waals surface area contributed by atoms with Crippen molar-refractivity contribution in [3.63, 3.8) is 0 Å². The van der Waals surface area contributed by atoms with Gasteiger partial charge in [0.2, 0.25) is 5.79 Å². The van der Waals surface area contributed by atoms with Crippen LogP contribution in [-0.4, -0.2) is 43.1 Å². The first-order valence-electron chi connectivity index (χ1n) is 12.4. The van der Waals surface area contributed by atoms with Crippen molar-refractivity contribution < 1.29 is 24.1 Å². The molecule has 1 rings (SSSR count). The highest BCUT2D eigenvalue weighted by atomic mass is 16.7. The van der Waals surface area contributed by atoms with Crippen LogP contribution in [0.4, 0.5) is 0 Å². The van der Waals surface area contributed by atoms with Gasteiger partial charge in [0.25, 0.3) is 0 Å². The molecule has 0 aromatic rings. The van der Waals surface area contributed by atoms with Gasteiger partial charge in [0.05, 0.1) is 25.4 Å². The van der Waals surface area contributed by atoms with Gasteiger partial charge in [-0.25, -0.2) is 0 Å². The minimum Gasteiger partial charge on any atom is -0.370 e. The minimum atomic E-state index is -1.47. The fourth-order valence-electron chi connectivity index (χ4n) is 4.16. The molecule has 4 atom stereocenters. The van der Waals surface area contributed by atoms with Crippen LogP contribution in [0.15, 0.2) is 0 Å². The maximum Gasteiger partial charge on any atom is 0.208 e. The molecule has 0 bridgehead atoms. The molecule has 5 nitrogen and oxygen atoms in total. The average molecular weight is 430 g/mol. The zero-order chi connectivity index (χ0) is 22.8. The van der Waals surface area contributed by atoms with Crippen LogP contribution in [-0.2, 0) is 24.1 Å². The number of hydrogen-bond acceptors (Lipinski definition) is 4. The molecule has 1 saturated carbocycles. The van der Waals surface area contributed by atoms with Gasteiger partial charge < -0.3 is 18.9 Å². The van der Waals surface area contributed by atoms with Crippen molar-refractivity contribution in [3.8, 4) is 0 Å². The second-order valence-electron chi connectivity index (χ2n) is 9.86. The van der Waals surface area contributed by atoms with Gasteiger partial charge in [-0.05, 0) is 47.0 Å². The summed E-state index contributed by atoms with van der Waals surface area (Å²) in [6.07, 6.45) is 8.90. The highest BCUT2D eigenvalue weighted by Crippen LogP contribution is 2.33. The summed E-state index contributed by atoms with van der Waals surface area (Å²) < 4.78 is 24.8. The Morgan fingerprint density at radius 1 is 0.933 bits per heavy atom. The molecule has 0 N–H and O–H groups in total. The molecule has 0 amide bonds. The fraction of sp³-hybridized carbons (Fsp3) is 1.00. The Kier molecular flexibility index (Phi) is 12.4. The van der Waals surface area contributed by atoms with Crippen molar-refractivity contribution >= 4 is 0 Å². The van der Waals surface area contributed by atoms with Crippen molar-refractivity contribution in [1.82, 2.24) is 0 Å². The second-order valence-corrected chi connectivity index (χ2v) is 9.86. The summed E-state index contributed by atoms with van der Waals surface area (Å²) in [5, 5.41) is 13.5. The van der Waals surface area contributed by atoms with Crippen LogP contribution in [0.25, 0.3) is 0 Å². The van der Waals surface area contributed by atoms with E-state index in [0.717, 1.165) is 32.1 Å². The molecule has 0 aliphatic heterocycles. The zero-order valence-corrected chi connectivity index (χ0v) is 21.0. The Morgan fingerprint density at radius 3 is 2.10 bits per heavy atom. The molecule has 1 fully saturated rings. The van der Waals surface area contributed by atoms with Crippen LogP contribution in [0.3, 0.4) is 0 Å². The van der Waals surface area contributed by atoms with Crippen LogP contribution in [0.2, 0.25) is 0 Å². The monoisotopic (exact) mass is 429 g/mol. The average Bonchev–Trinajstić information content (AvgIpc) is 2.69. The van der Waals surface area contributed by atoms with Gasteiger partial charge in [0.15, 0.2) is 5.79 Å². The molecule has 0 spiro atoms. The number of unbranched alkanes of at least 4 members (excludes halogenated alkanes) is 2. The van der Waals surface area contributed by atoms with E-state index in [4.69, 9.17) is 18.9 Å². The van der Waals surface area contributed by atoms with Crippen LogP contribution in [0.5, 0.6) is 0 Å². The van der Waals surface area contributed by atoms with Crippen molar-refractivity contribution in [3.05, 3.63) is 0 Å². The summed E-state index contributed by atoms with van der Waals surface area (Å²) in [4.78, 5) is 0. The molecule has 0 heterocycles. The van der Waals surface area contributed by atoms with Gasteiger partial charge in [-0.1, -0.05) is 59.8 Å². The number of rotatable bonds is 15. The molecule has 1 radical (unpaired) electrons. The largest absolute Gasteiger partial charge is 0.370 e. The molecular formula is C25H49O5. The fourth-order valence-corrected chi connectivity index (χ4v) is 4.16. The lowest BCUT2D eigenvalue weighted by Crippen LogP contribution is -2.51. The van der Waals surface area contributed by atoms with Gasteiger partial charge in [-0.15, -0.1) is 0 Å². The summed E-state index contributed by atoms with van der Waals surface area (Å²) in [6, 6.07) is 0. The van der Waals surface area contributed by atoms with E-state index < -0.39 is 11.6 Å². The molecule has 4 unspecified atom stereocenters. The summed E-state index contributed by atoms with van der Waals surface area (Å²) in [5.74, 6) is -2.81. The Morgan fingerprint density at radius 2 is 1.57 bits per heavy atom. The van der Waals surface area contributed by atoms with E-state index in [1.165, 1.54) is 19.3 Å². The molecule has 1 aliphatic carbocycles. The lowest BCUT2D eigenvalue weighted by atomic mass is 9.90. The Bertz CT molecular complexity index is 449. The molecule has 0 aromatic heterocycles. The number of hydrogen-bond donors (Lipinski definition) is 0. The Labute approximate surface area is 186 Å². The molecule has 5 heteroatoms. The van der Waals surface area contributed by atoms with Crippen LogP contribution in [0, 0.1) is 11.8 Å². The lowest BCUT2D eigenvalue weighted by Gasteiger charge is -2.42. The van der Waals surface area contributed by atoms with Gasteiger partial charge in [-0.3, -0.25) is 0 Å². The van der Waals surface area contributed by atoms with Gasteiger partial charge in [-0.2, -0.15) is 5.11 Å². The summed E-state index contributed by atoms with van der Waals surface area (Å²) in [5.41, 5.74) is 0. The van der Waals surface area contributed by atoms with E-state index in [9.17, 15) is 5.11 Å². The van der Waals surface area contributed by atoms with Crippen LogP contribution in [0.1, 0.15) is 107 Å². The standard InChI is InChI=1S/C25H49O5/c1-9-10-14-17-27-25(26,19(2)3)21(6)18-28-24(8,22(7)29-20(4)5)30-23-15-12-11-13-16-23/h19-23H,9-18H2,1-8H3. The predicted molar refractivity (Wildman–Crippen MR) is 121 cm³/mol. The minimum absolute atomic E-state index is 0.0754. The van der Waals surface area contributed by atoms with Gasteiger partial charge >= 0.3 is 0 Å². The SMILES string of the molecule is CCCCCOC([O])(C(C)C)C(C)COC(C)(OC1CCCCC1)C(C)OC(C)C. The van der Waals surface area contributed by atoms with E-state index in [0.29, 0.717) is 6.61 Å². The van der Waals surface area contributed by atoms with Gasteiger partial charge in [0, 0.05) is 11.8 Å². The first kappa shape index (κ1) is 27.8. The van der Waals surface area contributed by atoms with Crippen molar-refractivity contribution in [2.24, 2.45) is 11.8 Å². The van der Waals surface area contributed by atoms with Crippen molar-refractivity contribution in [2.45, 2.75) is 137 Å². The Balaban J connectivity index is 2.82. The third kappa shape index (κ3) is 8.74. The molecule has 179 valence electrons. The Hall–Kier alpha value is -0.200. The van der Waals surface area contributed by atoms with Crippen molar-refractivity contribution in [2.75, 3.05) is 13.2 Å². The van der Waals surface area contributed by atoms with Crippen LogP contribution >= 0.6 is 0 Å². The summed E-state index contributed by atoms with van der Waals surface area (Å²) in [7, 11) is 0. The van der Waals surface area contributed by atoms with Crippen molar-refractivity contribution in [1.29, 1.82) is 0 Å². The number of ether oxygens (including phenoxy) is 4. The molecule has 0 aromatic carbocycles. The summed E-state index contributed by atoms with van der Waals surface area (Å²) in [6.45, 7) is 16.7. The maximum absolute atomic E-state index is 13.5. The molecule has 1 aliphatic rings. The molecule has 0 saturated heterocycles. The lowest BCUT2D eigenvalue weighted by molar-refractivity contribution is -0.334. The molecule has 30 heavy (non-hydrogen) atoms. The topological polar surface area (TPSA) is 56.8 Å². The third-order valence-corrected chi connectivity index (χ3v) is 6.35. The first-order valence-corrected chi connectivity index (χ1v) is 12.4. The first-order chi connectivity index (χ1) is 14.0. The maximum atomic E-state index is 13.5. The zero-order valence-electron chi connectivity index (χ0n) is 21.0.